The Morgan fingerprint density at radius 2 is 0.712 bits per heavy atom. The Kier molecular flexibility index (Phi) is 8.37. The number of para-hydroxylation sites is 2. The van der Waals surface area contributed by atoms with Crippen LogP contribution in [0.1, 0.15) is 0 Å². The molecule has 0 saturated heterocycles. The van der Waals surface area contributed by atoms with Crippen molar-refractivity contribution in [3.63, 3.8) is 0 Å². The Labute approximate surface area is 387 Å². The van der Waals surface area contributed by atoms with E-state index in [2.05, 4.69) is 241 Å². The molecule has 0 radical (unpaired) electrons. The Balaban J connectivity index is 1.01. The molecule has 0 aliphatic rings. The van der Waals surface area contributed by atoms with Gasteiger partial charge in [-0.2, -0.15) is 0 Å². The predicted molar refractivity (Wildman–Crippen MR) is 285 cm³/mol. The van der Waals surface area contributed by atoms with Crippen molar-refractivity contribution >= 4 is 98.7 Å². The van der Waals surface area contributed by atoms with Gasteiger partial charge in [0.05, 0.1) is 0 Å². The van der Waals surface area contributed by atoms with Gasteiger partial charge in [0, 0.05) is 5.69 Å². The van der Waals surface area contributed by atoms with E-state index in [9.17, 15) is 0 Å². The van der Waals surface area contributed by atoms with Gasteiger partial charge >= 0.3 is 336 Å². The first-order valence-electron chi connectivity index (χ1n) is 22.8. The molecule has 0 spiro atoms. The zero-order chi connectivity index (χ0) is 43.3. The van der Waals surface area contributed by atoms with E-state index in [-0.39, 0.29) is 14.5 Å². The van der Waals surface area contributed by atoms with Crippen LogP contribution < -0.4 is 0 Å². The third-order valence-corrected chi connectivity index (χ3v) is 16.5. The Hall–Kier alpha value is -8.00. The Morgan fingerprint density at radius 3 is 1.32 bits per heavy atom. The molecule has 306 valence electrons. The molecule has 66 heavy (non-hydrogen) atoms. The molecule has 2 aromatic heterocycles. The van der Waals surface area contributed by atoms with Crippen molar-refractivity contribution < 1.29 is 0 Å². The molecule has 0 amide bonds. The number of hydrogen-bond donors (Lipinski definition) is 0. The molecular formula is C64H39NSe. The predicted octanol–water partition coefficient (Wildman–Crippen LogP) is 17.4. The first-order valence-corrected chi connectivity index (χ1v) is 24.5. The molecule has 0 unspecified atom stereocenters. The summed E-state index contributed by atoms with van der Waals surface area (Å²) in [6.07, 6.45) is 0. The Bertz CT molecular complexity index is 4160. The molecule has 0 saturated carbocycles. The van der Waals surface area contributed by atoms with E-state index in [1.165, 1.54) is 134 Å². The molecule has 2 heteroatoms. The van der Waals surface area contributed by atoms with E-state index < -0.39 is 0 Å². The molecule has 0 aliphatic heterocycles. The minimum atomic E-state index is 0.131. The summed E-state index contributed by atoms with van der Waals surface area (Å²) in [4.78, 5) is 0. The molecule has 0 N–H and O–H groups in total. The van der Waals surface area contributed by atoms with Crippen LogP contribution in [0.3, 0.4) is 0 Å². The Morgan fingerprint density at radius 1 is 0.273 bits per heavy atom. The van der Waals surface area contributed by atoms with Crippen molar-refractivity contribution in [3.05, 3.63) is 237 Å². The van der Waals surface area contributed by atoms with Gasteiger partial charge in [-0.1, -0.05) is 30.3 Å². The number of fused-ring (bicyclic) bond motifs is 10. The van der Waals surface area contributed by atoms with Gasteiger partial charge < -0.3 is 0 Å². The first kappa shape index (κ1) is 37.4. The van der Waals surface area contributed by atoms with Gasteiger partial charge in [0.25, 0.3) is 0 Å². The van der Waals surface area contributed by atoms with Gasteiger partial charge in [0.1, 0.15) is 0 Å². The van der Waals surface area contributed by atoms with Gasteiger partial charge in [-0.05, 0) is 18.2 Å². The summed E-state index contributed by atoms with van der Waals surface area (Å²) in [5, 5.41) is 15.5. The van der Waals surface area contributed by atoms with E-state index in [1.54, 1.807) is 0 Å². The fraction of sp³-hybridized carbons (Fsp3) is 0. The SMILES string of the molecule is c1ccc(-c2c3ccccc3c(-c3cccc4c3[se]c3ccc(-c5c6ccccc6c(-c6cccc7c6c6ccccc6n7-c6ccccc6)c6ccccc56)cc34)c3ccccc23)cc1. The third kappa shape index (κ3) is 5.47. The van der Waals surface area contributed by atoms with Crippen LogP contribution in [-0.4, -0.2) is 19.1 Å². The molecule has 1 nitrogen and oxygen atoms in total. The van der Waals surface area contributed by atoms with Crippen molar-refractivity contribution in [1.82, 2.24) is 4.57 Å². The summed E-state index contributed by atoms with van der Waals surface area (Å²) in [5.74, 6) is 0. The van der Waals surface area contributed by atoms with Crippen molar-refractivity contribution in [3.8, 4) is 50.2 Å². The van der Waals surface area contributed by atoms with Crippen molar-refractivity contribution in [2.75, 3.05) is 0 Å². The molecule has 0 fully saturated rings. The van der Waals surface area contributed by atoms with Gasteiger partial charge in [-0.3, -0.25) is 0 Å². The first-order chi connectivity index (χ1) is 32.8. The summed E-state index contributed by atoms with van der Waals surface area (Å²) in [7, 11) is 0. The van der Waals surface area contributed by atoms with Gasteiger partial charge in [0.15, 0.2) is 0 Å². The average molecular weight is 901 g/mol. The second-order valence-corrected chi connectivity index (χ2v) is 19.6. The maximum absolute atomic E-state index is 2.50. The topological polar surface area (TPSA) is 4.93 Å². The van der Waals surface area contributed by atoms with Gasteiger partial charge in [-0.15, -0.1) is 0 Å². The van der Waals surface area contributed by atoms with Crippen molar-refractivity contribution in [2.45, 2.75) is 0 Å². The fourth-order valence-corrected chi connectivity index (χ4v) is 13.8. The van der Waals surface area contributed by atoms with Crippen LogP contribution in [0.5, 0.6) is 0 Å². The average Bonchev–Trinajstić information content (AvgIpc) is 3.94. The summed E-state index contributed by atoms with van der Waals surface area (Å²) in [6.45, 7) is 0. The van der Waals surface area contributed by atoms with Crippen molar-refractivity contribution in [2.24, 2.45) is 0 Å². The zero-order valence-electron chi connectivity index (χ0n) is 35.9. The van der Waals surface area contributed by atoms with Crippen LogP contribution in [0.4, 0.5) is 0 Å². The van der Waals surface area contributed by atoms with Crippen LogP contribution >= 0.6 is 0 Å². The van der Waals surface area contributed by atoms with E-state index in [1.807, 2.05) is 0 Å². The van der Waals surface area contributed by atoms with E-state index >= 15 is 0 Å². The van der Waals surface area contributed by atoms with Crippen LogP contribution in [0.2, 0.25) is 0 Å². The minimum absolute atomic E-state index is 0.131. The van der Waals surface area contributed by atoms with Gasteiger partial charge in [0.2, 0.25) is 0 Å². The summed E-state index contributed by atoms with van der Waals surface area (Å²) < 4.78 is 5.33. The van der Waals surface area contributed by atoms with Crippen LogP contribution in [0, 0.1) is 0 Å². The quantitative estimate of drug-likeness (QED) is 0.120. The number of hydrogen-bond acceptors (Lipinski definition) is 0. The summed E-state index contributed by atoms with van der Waals surface area (Å²) in [5.41, 5.74) is 13.9. The van der Waals surface area contributed by atoms with Gasteiger partial charge in [-0.25, -0.2) is 0 Å². The molecule has 0 aliphatic carbocycles. The zero-order valence-corrected chi connectivity index (χ0v) is 37.6. The number of benzene rings is 12. The molecule has 0 bridgehead atoms. The molecule has 12 aromatic carbocycles. The third-order valence-electron chi connectivity index (χ3n) is 14.0. The molecule has 0 atom stereocenters. The summed E-state index contributed by atoms with van der Waals surface area (Å²) >= 11 is 0.131. The van der Waals surface area contributed by atoms with Crippen LogP contribution in [0.25, 0.3) is 134 Å². The number of nitrogens with zero attached hydrogens (tertiary/aromatic N) is 1. The maximum atomic E-state index is 2.50. The van der Waals surface area contributed by atoms with E-state index in [0.717, 1.165) is 0 Å². The van der Waals surface area contributed by atoms with Crippen LogP contribution in [-0.2, 0) is 0 Å². The molecule has 14 rings (SSSR count). The number of aromatic nitrogens is 1. The van der Waals surface area contributed by atoms with E-state index in [4.69, 9.17) is 0 Å². The standard InChI is InChI=1S/C64H39NSe/c1-3-19-40(20-4-1)59-43-23-7-13-29-49(43)62(50-30-14-8-24-44(50)59)54-34-17-32-51-55-39-41(37-38-58(55)66-64(51)54)60-45-25-9-11-27-47(45)61(48-28-12-10-26-46(48)60)53-33-18-36-57-63(53)52-31-15-16-35-56(52)65(57)42-21-5-2-6-22-42/h1-39H. The normalized spacial score (nSPS) is 11.9. The fourth-order valence-electron chi connectivity index (χ4n) is 11.3. The monoisotopic (exact) mass is 901 g/mol. The molecule has 2 heterocycles. The molecular weight excluding hydrogens is 862 g/mol. The second kappa shape index (κ2) is 14.8. The van der Waals surface area contributed by atoms with E-state index in [0.29, 0.717) is 0 Å². The summed E-state index contributed by atoms with van der Waals surface area (Å²) in [6, 6.07) is 88.0. The second-order valence-electron chi connectivity index (χ2n) is 17.4. The van der Waals surface area contributed by atoms with Crippen molar-refractivity contribution in [1.29, 1.82) is 0 Å². The molecule has 14 aromatic rings. The van der Waals surface area contributed by atoms with Crippen LogP contribution in [0.15, 0.2) is 237 Å². The number of rotatable bonds is 5.